The summed E-state index contributed by atoms with van der Waals surface area (Å²) in [7, 11) is 0. The smallest absolute Gasteiger partial charge is 0.120 e. The third-order valence-corrected chi connectivity index (χ3v) is 8.36. The average Bonchev–Trinajstić information content (AvgIpc) is 3.31. The summed E-state index contributed by atoms with van der Waals surface area (Å²) < 4.78 is 0. The molecule has 35 heavy (non-hydrogen) atoms. The van der Waals surface area contributed by atoms with E-state index in [0.29, 0.717) is 11.8 Å². The van der Waals surface area contributed by atoms with Crippen LogP contribution in [0.2, 0.25) is 0 Å². The standard InChI is InChI=1S/C32H30N2S/c1-19(2)23-14-9-16-25-21(4)24-15-7-10-20(3)29(24)31(34-30(23)25)32-33-28(18-35-32)27-17-8-12-22-11-5-6-13-26(22)27/h5-19,21,31,34H,1-4H3. The zero-order valence-corrected chi connectivity index (χ0v) is 21.5. The summed E-state index contributed by atoms with van der Waals surface area (Å²) >= 11 is 1.76. The van der Waals surface area contributed by atoms with Crippen molar-refractivity contribution >= 4 is 27.8 Å². The van der Waals surface area contributed by atoms with Crippen LogP contribution in [0.5, 0.6) is 0 Å². The zero-order valence-electron chi connectivity index (χ0n) is 20.7. The Morgan fingerprint density at radius 3 is 2.46 bits per heavy atom. The number of para-hydroxylation sites is 1. The van der Waals surface area contributed by atoms with E-state index in [1.807, 2.05) is 0 Å². The van der Waals surface area contributed by atoms with E-state index in [0.717, 1.165) is 10.7 Å². The van der Waals surface area contributed by atoms with E-state index in [4.69, 9.17) is 4.98 Å². The predicted octanol–water partition coefficient (Wildman–Crippen LogP) is 9.06. The number of benzene rings is 4. The maximum absolute atomic E-state index is 5.26. The number of nitrogens with one attached hydrogen (secondary N) is 1. The molecule has 0 saturated carbocycles. The molecule has 1 aromatic heterocycles. The minimum atomic E-state index is 0.0172. The first-order valence-corrected chi connectivity index (χ1v) is 13.3. The topological polar surface area (TPSA) is 24.9 Å². The number of anilines is 1. The van der Waals surface area contributed by atoms with Gasteiger partial charge in [0, 0.05) is 22.5 Å². The second kappa shape index (κ2) is 8.66. The van der Waals surface area contributed by atoms with Gasteiger partial charge in [0.15, 0.2) is 0 Å². The lowest BCUT2D eigenvalue weighted by molar-refractivity contribution is 0.851. The molecule has 2 nitrogen and oxygen atoms in total. The lowest BCUT2D eigenvalue weighted by Crippen LogP contribution is -2.15. The van der Waals surface area contributed by atoms with E-state index >= 15 is 0 Å². The number of aromatic nitrogens is 1. The maximum atomic E-state index is 5.26. The number of hydrogen-bond acceptors (Lipinski definition) is 3. The van der Waals surface area contributed by atoms with E-state index in [1.165, 1.54) is 49.8 Å². The number of nitrogens with zero attached hydrogens (tertiary/aromatic N) is 1. The van der Waals surface area contributed by atoms with Crippen molar-refractivity contribution in [1.29, 1.82) is 0 Å². The molecule has 174 valence electrons. The fourth-order valence-electron chi connectivity index (χ4n) is 5.63. The third-order valence-electron chi connectivity index (χ3n) is 7.45. The molecule has 4 aromatic carbocycles. The summed E-state index contributed by atoms with van der Waals surface area (Å²) in [6, 6.07) is 28.6. The van der Waals surface area contributed by atoms with E-state index in [1.54, 1.807) is 11.3 Å². The van der Waals surface area contributed by atoms with E-state index in [-0.39, 0.29) is 6.04 Å². The molecule has 2 unspecified atom stereocenters. The van der Waals surface area contributed by atoms with Crippen molar-refractivity contribution in [3.8, 4) is 11.3 Å². The lowest BCUT2D eigenvalue weighted by atomic mass is 9.85. The Morgan fingerprint density at radius 2 is 1.60 bits per heavy atom. The second-order valence-corrected chi connectivity index (χ2v) is 10.8. The van der Waals surface area contributed by atoms with E-state index in [2.05, 4.69) is 117 Å². The first kappa shape index (κ1) is 22.1. The van der Waals surface area contributed by atoms with Crippen LogP contribution < -0.4 is 5.32 Å². The van der Waals surface area contributed by atoms with Gasteiger partial charge in [-0.25, -0.2) is 4.98 Å². The van der Waals surface area contributed by atoms with Gasteiger partial charge in [0.1, 0.15) is 11.0 Å². The van der Waals surface area contributed by atoms with Crippen LogP contribution in [0.4, 0.5) is 5.69 Å². The number of hydrogen-bond donors (Lipinski definition) is 1. The molecule has 2 heterocycles. The Balaban J connectivity index is 1.54. The second-order valence-electron chi connectivity index (χ2n) is 9.94. The Labute approximate surface area is 211 Å². The summed E-state index contributed by atoms with van der Waals surface area (Å²) in [5.41, 5.74) is 10.3. The normalized spacial score (nSPS) is 17.1. The van der Waals surface area contributed by atoms with Crippen molar-refractivity contribution in [1.82, 2.24) is 4.98 Å². The van der Waals surface area contributed by atoms with E-state index < -0.39 is 0 Å². The van der Waals surface area contributed by atoms with Gasteiger partial charge in [0.05, 0.1) is 5.69 Å². The molecule has 0 radical (unpaired) electrons. The molecule has 0 spiro atoms. The Hall–Kier alpha value is -3.43. The van der Waals surface area contributed by atoms with Gasteiger partial charge < -0.3 is 5.32 Å². The highest BCUT2D eigenvalue weighted by Crippen LogP contribution is 2.46. The van der Waals surface area contributed by atoms with Gasteiger partial charge in [-0.2, -0.15) is 0 Å². The van der Waals surface area contributed by atoms with Gasteiger partial charge in [-0.1, -0.05) is 99.6 Å². The van der Waals surface area contributed by atoms with Crippen molar-refractivity contribution in [3.63, 3.8) is 0 Å². The molecule has 2 atom stereocenters. The van der Waals surface area contributed by atoms with Crippen LogP contribution >= 0.6 is 11.3 Å². The number of thiazole rings is 1. The highest BCUT2D eigenvalue weighted by atomic mass is 32.1. The largest absolute Gasteiger partial charge is 0.372 e. The van der Waals surface area contributed by atoms with Gasteiger partial charge in [-0.05, 0) is 51.4 Å². The predicted molar refractivity (Wildman–Crippen MR) is 150 cm³/mol. The molecule has 0 aliphatic carbocycles. The molecular formula is C32H30N2S. The van der Waals surface area contributed by atoms with Crippen LogP contribution in [0, 0.1) is 6.92 Å². The SMILES string of the molecule is Cc1cccc2c1C(c1nc(-c3cccc4ccccc34)cs1)Nc1c(C(C)C)cccc1C2C. The third kappa shape index (κ3) is 3.66. The molecule has 0 bridgehead atoms. The molecule has 1 N–H and O–H groups in total. The molecule has 5 aromatic rings. The summed E-state index contributed by atoms with van der Waals surface area (Å²) in [4.78, 5) is 5.26. The molecule has 1 aliphatic rings. The van der Waals surface area contributed by atoms with Gasteiger partial charge in [-0.15, -0.1) is 11.3 Å². The monoisotopic (exact) mass is 474 g/mol. The lowest BCUT2D eigenvalue weighted by Gasteiger charge is -2.23. The summed E-state index contributed by atoms with van der Waals surface area (Å²) in [5, 5.41) is 9.83. The molecule has 0 fully saturated rings. The molecule has 0 saturated heterocycles. The summed E-state index contributed by atoms with van der Waals surface area (Å²) in [5.74, 6) is 0.753. The molecule has 6 rings (SSSR count). The van der Waals surface area contributed by atoms with Gasteiger partial charge in [-0.3, -0.25) is 0 Å². The Morgan fingerprint density at radius 1 is 0.857 bits per heavy atom. The first-order valence-electron chi connectivity index (χ1n) is 12.4. The van der Waals surface area contributed by atoms with Crippen molar-refractivity contribution in [2.45, 2.75) is 45.6 Å². The minimum Gasteiger partial charge on any atom is -0.372 e. The van der Waals surface area contributed by atoms with Crippen molar-refractivity contribution in [2.24, 2.45) is 0 Å². The summed E-state index contributed by atoms with van der Waals surface area (Å²) in [6.45, 7) is 9.14. The molecular weight excluding hydrogens is 444 g/mol. The molecule has 0 amide bonds. The van der Waals surface area contributed by atoms with Gasteiger partial charge >= 0.3 is 0 Å². The van der Waals surface area contributed by atoms with Gasteiger partial charge in [0.2, 0.25) is 0 Å². The summed E-state index contributed by atoms with van der Waals surface area (Å²) in [6.07, 6.45) is 0. The van der Waals surface area contributed by atoms with Crippen molar-refractivity contribution < 1.29 is 0 Å². The number of aryl methyl sites for hydroxylation is 1. The fraction of sp³-hybridized carbons (Fsp3) is 0.219. The van der Waals surface area contributed by atoms with Crippen LogP contribution in [-0.2, 0) is 0 Å². The van der Waals surface area contributed by atoms with Crippen LogP contribution in [0.3, 0.4) is 0 Å². The average molecular weight is 475 g/mol. The highest BCUT2D eigenvalue weighted by molar-refractivity contribution is 7.10. The fourth-order valence-corrected chi connectivity index (χ4v) is 6.51. The number of rotatable bonds is 3. The maximum Gasteiger partial charge on any atom is 0.120 e. The van der Waals surface area contributed by atoms with Crippen LogP contribution in [0.25, 0.3) is 22.0 Å². The van der Waals surface area contributed by atoms with E-state index in [9.17, 15) is 0 Å². The first-order chi connectivity index (χ1) is 17.0. The Kier molecular flexibility index (Phi) is 5.46. The van der Waals surface area contributed by atoms with Crippen LogP contribution in [0.1, 0.15) is 71.5 Å². The van der Waals surface area contributed by atoms with Crippen molar-refractivity contribution in [3.05, 3.63) is 117 Å². The molecule has 1 aliphatic heterocycles. The van der Waals surface area contributed by atoms with Crippen LogP contribution in [0.15, 0.2) is 84.2 Å². The quantitative estimate of drug-likeness (QED) is 0.282. The Bertz CT molecular complexity index is 1540. The minimum absolute atomic E-state index is 0.0172. The van der Waals surface area contributed by atoms with Crippen molar-refractivity contribution in [2.75, 3.05) is 5.32 Å². The van der Waals surface area contributed by atoms with Gasteiger partial charge in [0.25, 0.3) is 0 Å². The van der Waals surface area contributed by atoms with Crippen LogP contribution in [-0.4, -0.2) is 4.98 Å². The molecule has 3 heteroatoms. The zero-order chi connectivity index (χ0) is 24.1. The number of fused-ring (bicyclic) bond motifs is 3. The highest BCUT2D eigenvalue weighted by Gasteiger charge is 2.31.